The molecule has 0 heterocycles. The maximum atomic E-state index is 2.51. The first kappa shape index (κ1) is 15.0. The van der Waals surface area contributed by atoms with Gasteiger partial charge in [0, 0.05) is 0 Å². The van der Waals surface area contributed by atoms with E-state index in [1.165, 1.54) is 25.7 Å². The van der Waals surface area contributed by atoms with Crippen molar-refractivity contribution < 1.29 is 0 Å². The third-order valence-corrected chi connectivity index (χ3v) is 2.75. The molecule has 0 aromatic rings. The number of rotatable bonds is 8. The van der Waals surface area contributed by atoms with Crippen molar-refractivity contribution in [3.05, 3.63) is 6.42 Å². The summed E-state index contributed by atoms with van der Waals surface area (Å²) in [5, 5.41) is 0. The van der Waals surface area contributed by atoms with Gasteiger partial charge in [-0.2, -0.15) is 0 Å². The fourth-order valence-electron chi connectivity index (χ4n) is 2.29. The molecule has 15 heavy (non-hydrogen) atoms. The van der Waals surface area contributed by atoms with Gasteiger partial charge in [0.05, 0.1) is 0 Å². The van der Waals surface area contributed by atoms with Crippen molar-refractivity contribution in [2.45, 2.75) is 67.2 Å². The van der Waals surface area contributed by atoms with Crippen LogP contribution in [0.25, 0.3) is 0 Å². The molecule has 0 amide bonds. The van der Waals surface area contributed by atoms with Crippen LogP contribution in [0.3, 0.4) is 0 Å². The second-order valence-corrected chi connectivity index (χ2v) is 6.28. The molecule has 0 N–H and O–H groups in total. The van der Waals surface area contributed by atoms with Crippen molar-refractivity contribution >= 4 is 0 Å². The van der Waals surface area contributed by atoms with E-state index in [1.54, 1.807) is 0 Å². The Kier molecular flexibility index (Phi) is 8.19. The Hall–Kier alpha value is 0. The molecular weight excluding hydrogens is 180 g/mol. The van der Waals surface area contributed by atoms with Gasteiger partial charge in [-0.25, -0.2) is 0 Å². The van der Waals surface area contributed by atoms with E-state index in [0.717, 1.165) is 23.7 Å². The van der Waals surface area contributed by atoms with Gasteiger partial charge in [0.2, 0.25) is 0 Å². The first-order chi connectivity index (χ1) is 6.91. The van der Waals surface area contributed by atoms with Crippen LogP contribution >= 0.6 is 0 Å². The van der Waals surface area contributed by atoms with Crippen molar-refractivity contribution in [3.63, 3.8) is 0 Å². The zero-order chi connectivity index (χ0) is 11.8. The van der Waals surface area contributed by atoms with Crippen LogP contribution in [0.2, 0.25) is 0 Å². The first-order valence-electron chi connectivity index (χ1n) is 6.73. The normalized spacial score (nSPS) is 12.4. The van der Waals surface area contributed by atoms with Crippen molar-refractivity contribution in [1.29, 1.82) is 0 Å². The van der Waals surface area contributed by atoms with Crippen molar-refractivity contribution in [3.8, 4) is 0 Å². The topological polar surface area (TPSA) is 0 Å². The quantitative estimate of drug-likeness (QED) is 0.508. The molecule has 0 aromatic carbocycles. The molecule has 0 aliphatic rings. The summed E-state index contributed by atoms with van der Waals surface area (Å²) in [7, 11) is 0. The summed E-state index contributed by atoms with van der Waals surface area (Å²) in [6.07, 6.45) is 7.92. The van der Waals surface area contributed by atoms with Crippen LogP contribution in [-0.2, 0) is 0 Å². The minimum Gasteiger partial charge on any atom is -0.0628 e. The Morgan fingerprint density at radius 1 is 0.667 bits per heavy atom. The van der Waals surface area contributed by atoms with E-state index in [-0.39, 0.29) is 0 Å². The lowest BCUT2D eigenvalue weighted by molar-refractivity contribution is 0.334. The van der Waals surface area contributed by atoms with Gasteiger partial charge in [0.15, 0.2) is 0 Å². The van der Waals surface area contributed by atoms with E-state index in [4.69, 9.17) is 0 Å². The SMILES string of the molecule is CC(C)C[CH]CC(CC(C)C)CC(C)C. The third kappa shape index (κ3) is 10.3. The Morgan fingerprint density at radius 3 is 1.47 bits per heavy atom. The zero-order valence-electron chi connectivity index (χ0n) is 11.7. The highest BCUT2D eigenvalue weighted by Crippen LogP contribution is 2.25. The third-order valence-electron chi connectivity index (χ3n) is 2.75. The largest absolute Gasteiger partial charge is 0.0628 e. The maximum Gasteiger partial charge on any atom is -0.0381 e. The van der Waals surface area contributed by atoms with Gasteiger partial charge < -0.3 is 0 Å². The molecule has 1 radical (unpaired) electrons. The maximum absolute atomic E-state index is 2.51. The Labute approximate surface area is 97.8 Å². The molecule has 0 saturated carbocycles. The molecule has 0 aliphatic carbocycles. The molecule has 91 valence electrons. The van der Waals surface area contributed by atoms with Crippen LogP contribution in [0.5, 0.6) is 0 Å². The second kappa shape index (κ2) is 8.19. The van der Waals surface area contributed by atoms with Crippen LogP contribution in [0.15, 0.2) is 0 Å². The van der Waals surface area contributed by atoms with E-state index in [1.807, 2.05) is 0 Å². The lowest BCUT2D eigenvalue weighted by Crippen LogP contribution is -2.09. The van der Waals surface area contributed by atoms with Crippen molar-refractivity contribution in [1.82, 2.24) is 0 Å². The van der Waals surface area contributed by atoms with Crippen molar-refractivity contribution in [2.75, 3.05) is 0 Å². The van der Waals surface area contributed by atoms with Crippen LogP contribution in [-0.4, -0.2) is 0 Å². The number of hydrogen-bond acceptors (Lipinski definition) is 0. The summed E-state index contributed by atoms with van der Waals surface area (Å²) in [6.45, 7) is 14.0. The molecule has 0 fully saturated rings. The van der Waals surface area contributed by atoms with Crippen LogP contribution < -0.4 is 0 Å². The van der Waals surface area contributed by atoms with E-state index >= 15 is 0 Å². The van der Waals surface area contributed by atoms with Gasteiger partial charge in [0.25, 0.3) is 0 Å². The molecule has 0 spiro atoms. The van der Waals surface area contributed by atoms with E-state index in [2.05, 4.69) is 48.0 Å². The summed E-state index contributed by atoms with van der Waals surface area (Å²) < 4.78 is 0. The summed E-state index contributed by atoms with van der Waals surface area (Å²) >= 11 is 0. The average Bonchev–Trinajstić information content (AvgIpc) is 2.00. The summed E-state index contributed by atoms with van der Waals surface area (Å²) in [5.41, 5.74) is 0. The highest BCUT2D eigenvalue weighted by Gasteiger charge is 2.12. The summed E-state index contributed by atoms with van der Waals surface area (Å²) in [4.78, 5) is 0. The Balaban J connectivity index is 3.79. The summed E-state index contributed by atoms with van der Waals surface area (Å²) in [5.74, 6) is 3.44. The minimum absolute atomic E-state index is 0.823. The highest BCUT2D eigenvalue weighted by atomic mass is 14.2. The lowest BCUT2D eigenvalue weighted by atomic mass is 9.85. The fourth-order valence-corrected chi connectivity index (χ4v) is 2.29. The molecule has 0 unspecified atom stereocenters. The Morgan fingerprint density at radius 2 is 1.13 bits per heavy atom. The van der Waals surface area contributed by atoms with Crippen molar-refractivity contribution in [2.24, 2.45) is 23.7 Å². The lowest BCUT2D eigenvalue weighted by Gasteiger charge is -2.21. The molecule has 0 rings (SSSR count). The molecule has 0 nitrogen and oxygen atoms in total. The second-order valence-electron chi connectivity index (χ2n) is 6.28. The molecular formula is C15H31. The molecule has 0 bridgehead atoms. The molecule has 0 aromatic heterocycles. The van der Waals surface area contributed by atoms with E-state index < -0.39 is 0 Å². The van der Waals surface area contributed by atoms with Gasteiger partial charge in [0.1, 0.15) is 0 Å². The summed E-state index contributed by atoms with van der Waals surface area (Å²) in [6, 6.07) is 0. The molecule has 0 atom stereocenters. The molecule has 0 aliphatic heterocycles. The van der Waals surface area contributed by atoms with E-state index in [9.17, 15) is 0 Å². The van der Waals surface area contributed by atoms with E-state index in [0.29, 0.717) is 0 Å². The van der Waals surface area contributed by atoms with Crippen LogP contribution in [0.1, 0.15) is 67.2 Å². The smallest absolute Gasteiger partial charge is 0.0381 e. The highest BCUT2D eigenvalue weighted by molar-refractivity contribution is 4.74. The van der Waals surface area contributed by atoms with Gasteiger partial charge in [-0.15, -0.1) is 0 Å². The number of hydrogen-bond donors (Lipinski definition) is 0. The predicted octanol–water partition coefficient (Wildman–Crippen LogP) is 5.34. The van der Waals surface area contributed by atoms with Crippen LogP contribution in [0, 0.1) is 30.1 Å². The predicted molar refractivity (Wildman–Crippen MR) is 70.8 cm³/mol. The molecule has 0 heteroatoms. The minimum atomic E-state index is 0.823. The van der Waals surface area contributed by atoms with Gasteiger partial charge >= 0.3 is 0 Å². The van der Waals surface area contributed by atoms with Crippen LogP contribution in [0.4, 0.5) is 0 Å². The zero-order valence-corrected chi connectivity index (χ0v) is 11.7. The van der Waals surface area contributed by atoms with Gasteiger partial charge in [-0.3, -0.25) is 0 Å². The standard InChI is InChI=1S/C15H31/c1-12(2)8-7-9-15(10-13(3)4)11-14(5)6/h7,12-15H,8-11H2,1-6H3. The fraction of sp³-hybridized carbons (Fsp3) is 0.933. The first-order valence-corrected chi connectivity index (χ1v) is 6.73. The Bertz CT molecular complexity index is 123. The van der Waals surface area contributed by atoms with Gasteiger partial charge in [-0.1, -0.05) is 41.5 Å². The molecule has 0 saturated heterocycles. The average molecular weight is 211 g/mol. The van der Waals surface area contributed by atoms with Gasteiger partial charge in [-0.05, 0) is 55.8 Å². The monoisotopic (exact) mass is 211 g/mol.